The first-order valence-corrected chi connectivity index (χ1v) is 8.61. The van der Waals surface area contributed by atoms with Gasteiger partial charge in [0.1, 0.15) is 0 Å². The van der Waals surface area contributed by atoms with Crippen molar-refractivity contribution in [2.75, 3.05) is 40.4 Å². The van der Waals surface area contributed by atoms with Crippen LogP contribution < -0.4 is 14.8 Å². The predicted molar refractivity (Wildman–Crippen MR) is 96.9 cm³/mol. The maximum atomic E-state index is 11.9. The molecule has 0 unspecified atom stereocenters. The second-order valence-corrected chi connectivity index (χ2v) is 6.17. The fourth-order valence-corrected chi connectivity index (χ4v) is 3.08. The molecule has 24 heavy (non-hydrogen) atoms. The first-order valence-electron chi connectivity index (χ1n) is 8.24. The van der Waals surface area contributed by atoms with E-state index in [2.05, 4.69) is 10.2 Å². The topological polar surface area (TPSA) is 50.8 Å². The number of piperidine rings is 1. The van der Waals surface area contributed by atoms with Gasteiger partial charge in [0, 0.05) is 19.2 Å². The summed E-state index contributed by atoms with van der Waals surface area (Å²) in [7, 11) is 3.09. The van der Waals surface area contributed by atoms with E-state index in [9.17, 15) is 4.79 Å². The van der Waals surface area contributed by atoms with E-state index in [0.29, 0.717) is 23.1 Å². The average molecular weight is 353 g/mol. The highest BCUT2D eigenvalue weighted by Crippen LogP contribution is 2.36. The Hall–Kier alpha value is -1.72. The van der Waals surface area contributed by atoms with Crippen LogP contribution in [0.4, 0.5) is 0 Å². The van der Waals surface area contributed by atoms with Crippen LogP contribution in [0.1, 0.15) is 24.8 Å². The first kappa shape index (κ1) is 18.6. The molecule has 1 aromatic carbocycles. The van der Waals surface area contributed by atoms with Gasteiger partial charge in [-0.2, -0.15) is 0 Å². The van der Waals surface area contributed by atoms with Crippen molar-refractivity contribution in [1.82, 2.24) is 10.2 Å². The fourth-order valence-electron chi connectivity index (χ4n) is 2.79. The van der Waals surface area contributed by atoms with E-state index in [1.54, 1.807) is 25.3 Å². The number of halogens is 1. The smallest absolute Gasteiger partial charge is 0.244 e. The van der Waals surface area contributed by atoms with E-state index in [-0.39, 0.29) is 5.91 Å². The fraction of sp³-hybridized carbons (Fsp3) is 0.500. The van der Waals surface area contributed by atoms with Crippen LogP contribution in [0.3, 0.4) is 0 Å². The Bertz CT molecular complexity index is 584. The number of likely N-dealkylation sites (tertiary alicyclic amines) is 1. The van der Waals surface area contributed by atoms with Crippen LogP contribution in [0, 0.1) is 0 Å². The second kappa shape index (κ2) is 9.55. The molecular weight excluding hydrogens is 328 g/mol. The first-order chi connectivity index (χ1) is 11.6. The molecule has 1 N–H and O–H groups in total. The number of carbonyl (C=O) groups excluding carboxylic acids is 1. The van der Waals surface area contributed by atoms with Gasteiger partial charge in [0.15, 0.2) is 11.5 Å². The van der Waals surface area contributed by atoms with Crippen molar-refractivity contribution in [1.29, 1.82) is 0 Å². The Morgan fingerprint density at radius 2 is 2.00 bits per heavy atom. The van der Waals surface area contributed by atoms with E-state index < -0.39 is 0 Å². The van der Waals surface area contributed by atoms with E-state index >= 15 is 0 Å². The van der Waals surface area contributed by atoms with Crippen LogP contribution in [0.25, 0.3) is 6.08 Å². The largest absolute Gasteiger partial charge is 0.493 e. The van der Waals surface area contributed by atoms with Crippen molar-refractivity contribution in [3.8, 4) is 11.5 Å². The van der Waals surface area contributed by atoms with Crippen LogP contribution in [-0.2, 0) is 4.79 Å². The maximum Gasteiger partial charge on any atom is 0.244 e. The van der Waals surface area contributed by atoms with E-state index in [1.807, 2.05) is 0 Å². The quantitative estimate of drug-likeness (QED) is 0.766. The standard InChI is InChI=1S/C18H25ClN2O3/c1-23-16-13-14(12-15(19)18(16)24-2)6-7-17(22)20-8-11-21-9-4-3-5-10-21/h6-7,12-13H,3-5,8-11H2,1-2H3,(H,20,22)/b7-6+. The molecule has 1 aliphatic rings. The number of amides is 1. The number of nitrogens with zero attached hydrogens (tertiary/aromatic N) is 1. The molecule has 1 heterocycles. The van der Waals surface area contributed by atoms with Gasteiger partial charge in [-0.05, 0) is 49.7 Å². The number of rotatable bonds is 7. The molecule has 1 fully saturated rings. The summed E-state index contributed by atoms with van der Waals surface area (Å²) in [5.41, 5.74) is 0.781. The molecule has 0 bridgehead atoms. The highest BCUT2D eigenvalue weighted by atomic mass is 35.5. The molecule has 0 aromatic heterocycles. The van der Waals surface area contributed by atoms with Gasteiger partial charge in [-0.25, -0.2) is 0 Å². The highest BCUT2D eigenvalue weighted by Gasteiger charge is 2.11. The van der Waals surface area contributed by atoms with Gasteiger partial charge in [0.05, 0.1) is 19.2 Å². The normalized spacial score (nSPS) is 15.5. The van der Waals surface area contributed by atoms with Crippen LogP contribution in [0.2, 0.25) is 5.02 Å². The van der Waals surface area contributed by atoms with Gasteiger partial charge in [0.2, 0.25) is 5.91 Å². The SMILES string of the molecule is COc1cc(/C=C/C(=O)NCCN2CCCCC2)cc(Cl)c1OC. The van der Waals surface area contributed by atoms with Gasteiger partial charge >= 0.3 is 0 Å². The van der Waals surface area contributed by atoms with Gasteiger partial charge < -0.3 is 19.7 Å². The number of benzene rings is 1. The zero-order valence-corrected chi connectivity index (χ0v) is 15.1. The molecule has 0 radical (unpaired) electrons. The van der Waals surface area contributed by atoms with Gasteiger partial charge in [-0.15, -0.1) is 0 Å². The van der Waals surface area contributed by atoms with Crippen LogP contribution >= 0.6 is 11.6 Å². The van der Waals surface area contributed by atoms with Crippen molar-refractivity contribution in [3.05, 3.63) is 28.8 Å². The van der Waals surface area contributed by atoms with Gasteiger partial charge in [-0.1, -0.05) is 18.0 Å². The Labute approximate surface area is 148 Å². The van der Waals surface area contributed by atoms with Crippen molar-refractivity contribution in [2.45, 2.75) is 19.3 Å². The summed E-state index contributed by atoms with van der Waals surface area (Å²) in [6.45, 7) is 3.84. The molecular formula is C18H25ClN2O3. The lowest BCUT2D eigenvalue weighted by Crippen LogP contribution is -2.37. The minimum atomic E-state index is -0.113. The Morgan fingerprint density at radius 3 is 2.67 bits per heavy atom. The van der Waals surface area contributed by atoms with Crippen LogP contribution in [-0.4, -0.2) is 51.2 Å². The van der Waals surface area contributed by atoms with Crippen molar-refractivity contribution >= 4 is 23.6 Å². The molecule has 5 nitrogen and oxygen atoms in total. The molecule has 1 saturated heterocycles. The molecule has 1 aromatic rings. The van der Waals surface area contributed by atoms with E-state index in [1.165, 1.54) is 32.4 Å². The summed E-state index contributed by atoms with van der Waals surface area (Å²) in [6, 6.07) is 3.52. The van der Waals surface area contributed by atoms with Gasteiger partial charge in [-0.3, -0.25) is 4.79 Å². The summed E-state index contributed by atoms with van der Waals surface area (Å²) in [5.74, 6) is 0.912. The molecule has 0 aliphatic carbocycles. The number of ether oxygens (including phenoxy) is 2. The number of hydrogen-bond donors (Lipinski definition) is 1. The van der Waals surface area contributed by atoms with Crippen molar-refractivity contribution in [3.63, 3.8) is 0 Å². The molecule has 6 heteroatoms. The Morgan fingerprint density at radius 1 is 1.25 bits per heavy atom. The summed E-state index contributed by atoms with van der Waals surface area (Å²) < 4.78 is 10.4. The lowest BCUT2D eigenvalue weighted by Gasteiger charge is -2.26. The highest BCUT2D eigenvalue weighted by molar-refractivity contribution is 6.32. The predicted octanol–water partition coefficient (Wildman–Crippen LogP) is 2.97. The molecule has 0 saturated carbocycles. The minimum Gasteiger partial charge on any atom is -0.493 e. The van der Waals surface area contributed by atoms with E-state index in [0.717, 1.165) is 25.2 Å². The van der Waals surface area contributed by atoms with Crippen molar-refractivity contribution in [2.24, 2.45) is 0 Å². The second-order valence-electron chi connectivity index (χ2n) is 5.76. The third kappa shape index (κ3) is 5.42. The number of carbonyl (C=O) groups is 1. The molecule has 1 amide bonds. The Kier molecular flexibility index (Phi) is 7.40. The zero-order valence-electron chi connectivity index (χ0n) is 14.3. The lowest BCUT2D eigenvalue weighted by atomic mass is 10.1. The average Bonchev–Trinajstić information content (AvgIpc) is 2.60. The Balaban J connectivity index is 1.85. The number of methoxy groups -OCH3 is 2. The summed E-state index contributed by atoms with van der Waals surface area (Å²) >= 11 is 6.15. The number of nitrogens with one attached hydrogen (secondary N) is 1. The van der Waals surface area contributed by atoms with E-state index in [4.69, 9.17) is 21.1 Å². The monoisotopic (exact) mass is 352 g/mol. The van der Waals surface area contributed by atoms with Gasteiger partial charge in [0.25, 0.3) is 0 Å². The molecule has 0 spiro atoms. The third-order valence-corrected chi connectivity index (χ3v) is 4.34. The molecule has 2 rings (SSSR count). The molecule has 132 valence electrons. The summed E-state index contributed by atoms with van der Waals surface area (Å²) in [5, 5.41) is 3.36. The third-order valence-electron chi connectivity index (χ3n) is 4.06. The minimum absolute atomic E-state index is 0.113. The molecule has 0 atom stereocenters. The number of hydrogen-bond acceptors (Lipinski definition) is 4. The summed E-state index contributed by atoms with van der Waals surface area (Å²) in [6.07, 6.45) is 7.05. The molecule has 1 aliphatic heterocycles. The zero-order chi connectivity index (χ0) is 17.4. The van der Waals surface area contributed by atoms with Crippen LogP contribution in [0.5, 0.6) is 11.5 Å². The maximum absolute atomic E-state index is 11.9. The summed E-state index contributed by atoms with van der Waals surface area (Å²) in [4.78, 5) is 14.3. The lowest BCUT2D eigenvalue weighted by molar-refractivity contribution is -0.116. The van der Waals surface area contributed by atoms with Crippen molar-refractivity contribution < 1.29 is 14.3 Å². The van der Waals surface area contributed by atoms with Crippen LogP contribution in [0.15, 0.2) is 18.2 Å².